The van der Waals surface area contributed by atoms with Gasteiger partial charge in [0.25, 0.3) is 0 Å². The highest BCUT2D eigenvalue weighted by Gasteiger charge is 2.11. The molecule has 6 heteroatoms. The number of methoxy groups -OCH3 is 1. The molecule has 0 atom stereocenters. The molecule has 0 unspecified atom stereocenters. The van der Waals surface area contributed by atoms with Crippen molar-refractivity contribution >= 4 is 29.2 Å². The van der Waals surface area contributed by atoms with Crippen molar-refractivity contribution in [2.45, 2.75) is 6.92 Å². The zero-order valence-electron chi connectivity index (χ0n) is 12.8. The first-order valence-electron chi connectivity index (χ1n) is 6.91. The van der Waals surface area contributed by atoms with Gasteiger partial charge in [-0.25, -0.2) is 4.79 Å². The summed E-state index contributed by atoms with van der Waals surface area (Å²) in [6, 6.07) is 9.76. The fraction of sp³-hybridized carbons (Fsp3) is 0.235. The Balaban J connectivity index is 2.03. The Hall–Kier alpha value is -1.75. The summed E-state index contributed by atoms with van der Waals surface area (Å²) in [6.45, 7) is 2.73. The first kappa shape index (κ1) is 17.6. The van der Waals surface area contributed by atoms with Crippen LogP contribution in [0, 0.1) is 6.92 Å². The predicted molar refractivity (Wildman–Crippen MR) is 90.0 cm³/mol. The molecule has 0 spiro atoms. The average Bonchev–Trinajstić information content (AvgIpc) is 2.53. The molecule has 2 aromatic rings. The van der Waals surface area contributed by atoms with Crippen LogP contribution in [0.1, 0.15) is 15.9 Å². The van der Waals surface area contributed by atoms with Gasteiger partial charge in [0.2, 0.25) is 0 Å². The summed E-state index contributed by atoms with van der Waals surface area (Å²) >= 11 is 12.1. The van der Waals surface area contributed by atoms with Crippen LogP contribution >= 0.6 is 23.2 Å². The molecule has 2 aromatic carbocycles. The van der Waals surface area contributed by atoms with Crippen molar-refractivity contribution in [3.05, 3.63) is 57.6 Å². The minimum Gasteiger partial charge on any atom is -0.491 e. The molecule has 0 radical (unpaired) electrons. The highest BCUT2D eigenvalue weighted by molar-refractivity contribution is 6.36. The molecular formula is C17H16Cl2O4. The molecule has 0 bridgehead atoms. The second-order valence-corrected chi connectivity index (χ2v) is 5.58. The van der Waals surface area contributed by atoms with Gasteiger partial charge < -0.3 is 14.2 Å². The third-order valence-electron chi connectivity index (χ3n) is 3.11. The van der Waals surface area contributed by atoms with Crippen LogP contribution in [0.4, 0.5) is 0 Å². The van der Waals surface area contributed by atoms with Crippen LogP contribution in [0.25, 0.3) is 0 Å². The molecule has 0 N–H and O–H groups in total. The van der Waals surface area contributed by atoms with Gasteiger partial charge in [0, 0.05) is 17.2 Å². The van der Waals surface area contributed by atoms with Gasteiger partial charge in [-0.05, 0) is 48.9 Å². The van der Waals surface area contributed by atoms with Crippen LogP contribution in [0.2, 0.25) is 10.0 Å². The summed E-state index contributed by atoms with van der Waals surface area (Å²) in [6.07, 6.45) is 0. The van der Waals surface area contributed by atoms with E-state index in [9.17, 15) is 4.79 Å². The Morgan fingerprint density at radius 3 is 2.17 bits per heavy atom. The molecule has 0 aromatic heterocycles. The van der Waals surface area contributed by atoms with Gasteiger partial charge >= 0.3 is 5.97 Å². The summed E-state index contributed by atoms with van der Waals surface area (Å²) in [5, 5.41) is 0.893. The van der Waals surface area contributed by atoms with E-state index in [4.69, 9.17) is 37.4 Å². The third kappa shape index (κ3) is 4.86. The van der Waals surface area contributed by atoms with Crippen LogP contribution in [0.5, 0.6) is 11.5 Å². The van der Waals surface area contributed by atoms with Crippen LogP contribution in [0.3, 0.4) is 0 Å². The zero-order valence-corrected chi connectivity index (χ0v) is 14.3. The smallest absolute Gasteiger partial charge is 0.343 e. The van der Waals surface area contributed by atoms with E-state index < -0.39 is 5.97 Å². The number of carbonyl (C=O) groups excluding carboxylic acids is 1. The molecule has 0 saturated carbocycles. The second-order valence-electron chi connectivity index (χ2n) is 4.77. The third-order valence-corrected chi connectivity index (χ3v) is 3.90. The Labute approximate surface area is 144 Å². The zero-order chi connectivity index (χ0) is 16.8. The average molecular weight is 355 g/mol. The number of ether oxygens (including phenoxy) is 3. The molecule has 0 aliphatic rings. The summed E-state index contributed by atoms with van der Waals surface area (Å²) in [4.78, 5) is 12.1. The van der Waals surface area contributed by atoms with Gasteiger partial charge in [-0.15, -0.1) is 0 Å². The molecule has 0 aliphatic heterocycles. The number of esters is 1. The highest BCUT2D eigenvalue weighted by Crippen LogP contribution is 2.29. The van der Waals surface area contributed by atoms with Crippen molar-refractivity contribution in [1.29, 1.82) is 0 Å². The first-order valence-corrected chi connectivity index (χ1v) is 7.66. The Bertz CT molecular complexity index is 660. The van der Waals surface area contributed by atoms with E-state index in [0.717, 1.165) is 5.56 Å². The van der Waals surface area contributed by atoms with E-state index in [-0.39, 0.29) is 0 Å². The second kappa shape index (κ2) is 8.20. The standard InChI is InChI=1S/C17H16Cl2O4/c1-11-15(18)9-14(10-16(11)19)23-17(20)12-3-5-13(6-4-12)22-8-7-21-2/h3-6,9-10H,7-8H2,1-2H3. The lowest BCUT2D eigenvalue weighted by molar-refractivity contribution is 0.0734. The van der Waals surface area contributed by atoms with Gasteiger partial charge in [0.05, 0.1) is 12.2 Å². The van der Waals surface area contributed by atoms with Crippen LogP contribution < -0.4 is 9.47 Å². The van der Waals surface area contributed by atoms with Crippen molar-refractivity contribution in [3.8, 4) is 11.5 Å². The van der Waals surface area contributed by atoms with Crippen molar-refractivity contribution in [3.63, 3.8) is 0 Å². The monoisotopic (exact) mass is 354 g/mol. The van der Waals surface area contributed by atoms with Gasteiger partial charge in [0.15, 0.2) is 0 Å². The predicted octanol–water partition coefficient (Wildman–Crippen LogP) is 4.55. The molecule has 0 aliphatic carbocycles. The van der Waals surface area contributed by atoms with E-state index in [1.54, 1.807) is 50.4 Å². The van der Waals surface area contributed by atoms with E-state index in [0.29, 0.717) is 40.3 Å². The minimum atomic E-state index is -0.496. The molecule has 0 amide bonds. The Morgan fingerprint density at radius 2 is 1.61 bits per heavy atom. The maximum atomic E-state index is 12.1. The summed E-state index contributed by atoms with van der Waals surface area (Å²) in [5.74, 6) is 0.459. The summed E-state index contributed by atoms with van der Waals surface area (Å²) < 4.78 is 15.6. The SMILES string of the molecule is COCCOc1ccc(C(=O)Oc2cc(Cl)c(C)c(Cl)c2)cc1. The highest BCUT2D eigenvalue weighted by atomic mass is 35.5. The molecule has 0 saturated heterocycles. The van der Waals surface area contributed by atoms with Crippen LogP contribution in [-0.2, 0) is 4.74 Å². The van der Waals surface area contributed by atoms with Gasteiger partial charge in [-0.3, -0.25) is 0 Å². The lowest BCUT2D eigenvalue weighted by Gasteiger charge is -2.09. The lowest BCUT2D eigenvalue weighted by Crippen LogP contribution is -2.09. The van der Waals surface area contributed by atoms with Crippen molar-refractivity contribution < 1.29 is 19.0 Å². The topological polar surface area (TPSA) is 44.8 Å². The largest absolute Gasteiger partial charge is 0.491 e. The van der Waals surface area contributed by atoms with Crippen molar-refractivity contribution in [2.75, 3.05) is 20.3 Å². The van der Waals surface area contributed by atoms with Crippen LogP contribution in [0.15, 0.2) is 36.4 Å². The molecule has 122 valence electrons. The van der Waals surface area contributed by atoms with E-state index in [2.05, 4.69) is 0 Å². The fourth-order valence-electron chi connectivity index (χ4n) is 1.78. The summed E-state index contributed by atoms with van der Waals surface area (Å²) in [7, 11) is 1.60. The van der Waals surface area contributed by atoms with E-state index in [1.807, 2.05) is 0 Å². The quantitative estimate of drug-likeness (QED) is 0.433. The number of hydrogen-bond acceptors (Lipinski definition) is 4. The Morgan fingerprint density at radius 1 is 1.00 bits per heavy atom. The fourth-order valence-corrected chi connectivity index (χ4v) is 2.24. The Kier molecular flexibility index (Phi) is 6.28. The van der Waals surface area contributed by atoms with Gasteiger partial charge in [-0.2, -0.15) is 0 Å². The number of hydrogen-bond donors (Lipinski definition) is 0. The number of halogens is 2. The maximum Gasteiger partial charge on any atom is 0.343 e. The molecule has 2 rings (SSSR count). The molecular weight excluding hydrogens is 339 g/mol. The lowest BCUT2D eigenvalue weighted by atomic mass is 10.2. The van der Waals surface area contributed by atoms with Crippen molar-refractivity contribution in [2.24, 2.45) is 0 Å². The molecule has 0 heterocycles. The number of rotatable bonds is 6. The van der Waals surface area contributed by atoms with Crippen LogP contribution in [-0.4, -0.2) is 26.3 Å². The minimum absolute atomic E-state index is 0.302. The van der Waals surface area contributed by atoms with Gasteiger partial charge in [-0.1, -0.05) is 23.2 Å². The summed E-state index contributed by atoms with van der Waals surface area (Å²) in [5.41, 5.74) is 1.14. The first-order chi connectivity index (χ1) is 11.0. The number of carbonyl (C=O) groups is 1. The van der Waals surface area contributed by atoms with E-state index >= 15 is 0 Å². The van der Waals surface area contributed by atoms with Crippen molar-refractivity contribution in [1.82, 2.24) is 0 Å². The molecule has 23 heavy (non-hydrogen) atoms. The normalized spacial score (nSPS) is 10.4. The number of benzene rings is 2. The molecule has 0 fully saturated rings. The van der Waals surface area contributed by atoms with E-state index in [1.165, 1.54) is 0 Å². The van der Waals surface area contributed by atoms with Gasteiger partial charge in [0.1, 0.15) is 18.1 Å². The molecule has 4 nitrogen and oxygen atoms in total. The maximum absolute atomic E-state index is 12.1.